The number of methoxy groups -OCH3 is 1. The summed E-state index contributed by atoms with van der Waals surface area (Å²) in [6.45, 7) is 4.36. The fraction of sp³-hybridized carbons (Fsp3) is 0.478. The Labute approximate surface area is 197 Å². The molecule has 11 heteroatoms. The Morgan fingerprint density at radius 2 is 1.82 bits per heavy atom. The molecular weight excluding hydrogens is 446 g/mol. The van der Waals surface area contributed by atoms with Crippen LogP contribution < -0.4 is 15.6 Å². The predicted molar refractivity (Wildman–Crippen MR) is 122 cm³/mol. The minimum atomic E-state index is -1.05. The molecule has 0 saturated carbocycles. The van der Waals surface area contributed by atoms with Gasteiger partial charge in [0.15, 0.2) is 5.75 Å². The van der Waals surface area contributed by atoms with E-state index in [1.165, 1.54) is 13.3 Å². The number of rotatable bonds is 10. The highest BCUT2D eigenvalue weighted by molar-refractivity contribution is 5.82. The molecule has 0 aliphatic heterocycles. The standard InChI is InChI=1S/C23H31N3O8/c1-23(2,3)34-22(31)25-17(21(30)33-12-11-28)13-15-5-7-16(8-6-15)19-18(32-4)14-24-26(9-10-27)20(19)29/h5-8,14,17,27-28H,9-13H2,1-4H3,(H,25,31)/t17-/m0/s1. The zero-order chi connectivity index (χ0) is 25.3. The lowest BCUT2D eigenvalue weighted by atomic mass is 10.0. The number of hydrogen-bond acceptors (Lipinski definition) is 9. The van der Waals surface area contributed by atoms with E-state index in [-0.39, 0.29) is 44.1 Å². The first-order valence-electron chi connectivity index (χ1n) is 10.7. The Balaban J connectivity index is 2.28. The number of nitrogens with zero attached hydrogens (tertiary/aromatic N) is 2. The summed E-state index contributed by atoms with van der Waals surface area (Å²) in [5.41, 5.74) is 0.341. The molecule has 0 aliphatic carbocycles. The van der Waals surface area contributed by atoms with Crippen LogP contribution in [0.3, 0.4) is 0 Å². The third-order valence-corrected chi connectivity index (χ3v) is 4.53. The Morgan fingerprint density at radius 1 is 1.15 bits per heavy atom. The summed E-state index contributed by atoms with van der Waals surface area (Å²) in [6.07, 6.45) is 0.714. The maximum absolute atomic E-state index is 12.8. The number of carbonyl (C=O) groups is 2. The number of aliphatic hydroxyl groups is 2. The Kier molecular flexibility index (Phi) is 9.58. The van der Waals surface area contributed by atoms with E-state index in [2.05, 4.69) is 10.4 Å². The monoisotopic (exact) mass is 477 g/mol. The van der Waals surface area contributed by atoms with Crippen molar-refractivity contribution in [2.45, 2.75) is 45.4 Å². The van der Waals surface area contributed by atoms with Gasteiger partial charge < -0.3 is 29.7 Å². The maximum atomic E-state index is 12.8. The first kappa shape index (κ1) is 26.8. The van der Waals surface area contributed by atoms with Crippen LogP contribution in [0.5, 0.6) is 5.75 Å². The lowest BCUT2D eigenvalue weighted by Crippen LogP contribution is -2.45. The van der Waals surface area contributed by atoms with Gasteiger partial charge in [-0.2, -0.15) is 5.10 Å². The first-order valence-corrected chi connectivity index (χ1v) is 10.7. The van der Waals surface area contributed by atoms with E-state index in [0.29, 0.717) is 11.1 Å². The van der Waals surface area contributed by atoms with Crippen LogP contribution in [-0.4, -0.2) is 70.6 Å². The Morgan fingerprint density at radius 3 is 2.38 bits per heavy atom. The van der Waals surface area contributed by atoms with Gasteiger partial charge in [0.1, 0.15) is 18.2 Å². The second-order valence-electron chi connectivity index (χ2n) is 8.33. The number of esters is 1. The molecule has 186 valence electrons. The Hall–Kier alpha value is -3.44. The molecule has 1 amide bonds. The van der Waals surface area contributed by atoms with Gasteiger partial charge in [0.2, 0.25) is 0 Å². The number of aliphatic hydroxyl groups excluding tert-OH is 2. The second-order valence-corrected chi connectivity index (χ2v) is 8.33. The summed E-state index contributed by atoms with van der Waals surface area (Å²) >= 11 is 0. The van der Waals surface area contributed by atoms with Gasteiger partial charge in [0.25, 0.3) is 5.56 Å². The molecule has 1 aromatic carbocycles. The summed E-state index contributed by atoms with van der Waals surface area (Å²) in [5.74, 6) is -0.435. The van der Waals surface area contributed by atoms with E-state index >= 15 is 0 Å². The zero-order valence-electron chi connectivity index (χ0n) is 19.7. The third-order valence-electron chi connectivity index (χ3n) is 4.53. The average molecular weight is 478 g/mol. The van der Waals surface area contributed by atoms with Gasteiger partial charge in [0.05, 0.1) is 38.6 Å². The normalized spacial score (nSPS) is 12.1. The van der Waals surface area contributed by atoms with E-state index in [9.17, 15) is 14.4 Å². The second kappa shape index (κ2) is 12.1. The molecule has 0 radical (unpaired) electrons. The number of amides is 1. The van der Waals surface area contributed by atoms with E-state index in [1.807, 2.05) is 0 Å². The van der Waals surface area contributed by atoms with Crippen molar-refractivity contribution >= 4 is 12.1 Å². The van der Waals surface area contributed by atoms with Crippen molar-refractivity contribution < 1.29 is 34.0 Å². The van der Waals surface area contributed by atoms with E-state index in [0.717, 1.165) is 4.68 Å². The maximum Gasteiger partial charge on any atom is 0.408 e. The molecule has 0 saturated heterocycles. The minimum absolute atomic E-state index is 0.0435. The number of hydrogen-bond donors (Lipinski definition) is 3. The van der Waals surface area contributed by atoms with Gasteiger partial charge >= 0.3 is 12.1 Å². The molecule has 3 N–H and O–H groups in total. The van der Waals surface area contributed by atoms with Crippen LogP contribution in [0.1, 0.15) is 26.3 Å². The molecule has 1 aromatic heterocycles. The number of aromatic nitrogens is 2. The van der Waals surface area contributed by atoms with Gasteiger partial charge in [-0.1, -0.05) is 24.3 Å². The third kappa shape index (κ3) is 7.56. The van der Waals surface area contributed by atoms with Crippen LogP contribution >= 0.6 is 0 Å². The number of benzene rings is 1. The van der Waals surface area contributed by atoms with Gasteiger partial charge in [-0.3, -0.25) is 4.79 Å². The molecule has 0 unspecified atom stereocenters. The van der Waals surface area contributed by atoms with Crippen molar-refractivity contribution in [2.24, 2.45) is 0 Å². The van der Waals surface area contributed by atoms with Gasteiger partial charge in [-0.15, -0.1) is 0 Å². The largest absolute Gasteiger partial charge is 0.494 e. The number of carbonyl (C=O) groups excluding carboxylic acids is 2. The van der Waals surface area contributed by atoms with Crippen LogP contribution in [0.2, 0.25) is 0 Å². The minimum Gasteiger partial charge on any atom is -0.494 e. The zero-order valence-corrected chi connectivity index (χ0v) is 19.7. The SMILES string of the molecule is COc1cnn(CCO)c(=O)c1-c1ccc(C[C@H](NC(=O)OC(C)(C)C)C(=O)OCCO)cc1. The topological polar surface area (TPSA) is 149 Å². The first-order chi connectivity index (χ1) is 16.1. The lowest BCUT2D eigenvalue weighted by molar-refractivity contribution is -0.147. The summed E-state index contributed by atoms with van der Waals surface area (Å²) in [7, 11) is 1.43. The number of alkyl carbamates (subject to hydrolysis) is 1. The summed E-state index contributed by atoms with van der Waals surface area (Å²) in [6, 6.07) is 5.72. The fourth-order valence-corrected chi connectivity index (χ4v) is 3.08. The highest BCUT2D eigenvalue weighted by atomic mass is 16.6. The van der Waals surface area contributed by atoms with Crippen LogP contribution in [-0.2, 0) is 27.2 Å². The van der Waals surface area contributed by atoms with Gasteiger partial charge in [0, 0.05) is 6.42 Å². The molecule has 2 rings (SSSR count). The molecule has 1 atom stereocenters. The smallest absolute Gasteiger partial charge is 0.408 e. The Bertz CT molecular complexity index is 1030. The average Bonchev–Trinajstić information content (AvgIpc) is 2.77. The van der Waals surface area contributed by atoms with E-state index < -0.39 is 29.3 Å². The van der Waals surface area contributed by atoms with Gasteiger partial charge in [-0.25, -0.2) is 14.3 Å². The fourth-order valence-electron chi connectivity index (χ4n) is 3.08. The summed E-state index contributed by atoms with van der Waals surface area (Å²) in [5, 5.41) is 24.6. The molecule has 0 fully saturated rings. The quantitative estimate of drug-likeness (QED) is 0.424. The molecular formula is C23H31N3O8. The van der Waals surface area contributed by atoms with E-state index in [4.69, 9.17) is 24.4 Å². The molecule has 0 aliphatic rings. The number of ether oxygens (including phenoxy) is 3. The van der Waals surface area contributed by atoms with Crippen molar-refractivity contribution in [1.82, 2.24) is 15.1 Å². The van der Waals surface area contributed by atoms with Crippen molar-refractivity contribution in [3.05, 3.63) is 46.4 Å². The van der Waals surface area contributed by atoms with Gasteiger partial charge in [-0.05, 0) is 31.9 Å². The summed E-state index contributed by atoms with van der Waals surface area (Å²) in [4.78, 5) is 37.4. The van der Waals surface area contributed by atoms with Crippen molar-refractivity contribution in [3.8, 4) is 16.9 Å². The molecule has 34 heavy (non-hydrogen) atoms. The van der Waals surface area contributed by atoms with Crippen molar-refractivity contribution in [3.63, 3.8) is 0 Å². The molecule has 11 nitrogen and oxygen atoms in total. The highest BCUT2D eigenvalue weighted by Gasteiger charge is 2.26. The summed E-state index contributed by atoms with van der Waals surface area (Å²) < 4.78 is 16.6. The molecule has 0 spiro atoms. The molecule has 1 heterocycles. The van der Waals surface area contributed by atoms with Crippen LogP contribution in [0, 0.1) is 0 Å². The molecule has 2 aromatic rings. The number of nitrogens with one attached hydrogen (secondary N) is 1. The van der Waals surface area contributed by atoms with Crippen molar-refractivity contribution in [1.29, 1.82) is 0 Å². The van der Waals surface area contributed by atoms with Crippen molar-refractivity contribution in [2.75, 3.05) is 26.9 Å². The lowest BCUT2D eigenvalue weighted by Gasteiger charge is -2.23. The van der Waals surface area contributed by atoms with Crippen LogP contribution in [0.15, 0.2) is 35.3 Å². The molecule has 0 bridgehead atoms. The van der Waals surface area contributed by atoms with Crippen LogP contribution in [0.4, 0.5) is 4.79 Å². The highest BCUT2D eigenvalue weighted by Crippen LogP contribution is 2.26. The van der Waals surface area contributed by atoms with Crippen LogP contribution in [0.25, 0.3) is 11.1 Å². The van der Waals surface area contributed by atoms with E-state index in [1.54, 1.807) is 45.0 Å². The predicted octanol–water partition coefficient (Wildman–Crippen LogP) is 0.882.